The van der Waals surface area contributed by atoms with Gasteiger partial charge in [0.05, 0.1) is 17.5 Å². The summed E-state index contributed by atoms with van der Waals surface area (Å²) in [7, 11) is 0. The smallest absolute Gasteiger partial charge is 0.310 e. The molecule has 0 aromatic heterocycles. The van der Waals surface area contributed by atoms with Gasteiger partial charge >= 0.3 is 5.97 Å². The SMILES string of the molecule is C=C(COC(=O)Cc1ccc(O)c(Cl)c1)[C@@]12O[C@@H]1[C@@]1(C)C(=CC2=O)CC[C@@H](O)[C@@H]1C. The van der Waals surface area contributed by atoms with E-state index < -0.39 is 29.2 Å². The maximum Gasteiger partial charge on any atom is 0.310 e. The molecule has 1 aromatic rings. The Morgan fingerprint density at radius 2 is 2.17 bits per heavy atom. The van der Waals surface area contributed by atoms with Crippen molar-refractivity contribution in [1.82, 2.24) is 0 Å². The molecule has 0 bridgehead atoms. The molecule has 0 radical (unpaired) electrons. The first-order valence-electron chi connectivity index (χ1n) is 10.0. The van der Waals surface area contributed by atoms with Gasteiger partial charge in [-0.05, 0) is 42.5 Å². The number of ether oxygens (including phenoxy) is 2. The van der Waals surface area contributed by atoms with E-state index in [4.69, 9.17) is 21.1 Å². The van der Waals surface area contributed by atoms with Crippen molar-refractivity contribution in [3.05, 3.63) is 52.6 Å². The van der Waals surface area contributed by atoms with Gasteiger partial charge in [-0.3, -0.25) is 9.59 Å². The van der Waals surface area contributed by atoms with Gasteiger partial charge in [-0.1, -0.05) is 43.7 Å². The van der Waals surface area contributed by atoms with E-state index in [1.807, 2.05) is 13.8 Å². The summed E-state index contributed by atoms with van der Waals surface area (Å²) in [4.78, 5) is 25.1. The summed E-state index contributed by atoms with van der Waals surface area (Å²) in [5.41, 5.74) is 0.370. The number of epoxide rings is 1. The van der Waals surface area contributed by atoms with Crippen molar-refractivity contribution in [1.29, 1.82) is 0 Å². The summed E-state index contributed by atoms with van der Waals surface area (Å²) in [6.07, 6.45) is 2.05. The third-order valence-electron chi connectivity index (χ3n) is 7.05. The Bertz CT molecular complexity index is 968. The zero-order valence-corrected chi connectivity index (χ0v) is 17.7. The van der Waals surface area contributed by atoms with Crippen molar-refractivity contribution in [3.63, 3.8) is 0 Å². The number of fused-ring (bicyclic) bond motifs is 3. The average Bonchev–Trinajstić information content (AvgIpc) is 3.47. The number of carbonyl (C=O) groups excluding carboxylic acids is 2. The summed E-state index contributed by atoms with van der Waals surface area (Å²) >= 11 is 5.86. The quantitative estimate of drug-likeness (QED) is 0.421. The van der Waals surface area contributed by atoms with Crippen LogP contribution in [0.1, 0.15) is 32.3 Å². The van der Waals surface area contributed by atoms with Gasteiger partial charge in [-0.15, -0.1) is 0 Å². The van der Waals surface area contributed by atoms with Gasteiger partial charge in [0.15, 0.2) is 11.4 Å². The van der Waals surface area contributed by atoms with Crippen LogP contribution in [0.25, 0.3) is 0 Å². The molecule has 7 heteroatoms. The van der Waals surface area contributed by atoms with Crippen LogP contribution in [0.15, 0.2) is 42.0 Å². The number of esters is 1. The van der Waals surface area contributed by atoms with Crippen LogP contribution in [0.5, 0.6) is 5.75 Å². The molecule has 2 fully saturated rings. The maximum absolute atomic E-state index is 12.9. The summed E-state index contributed by atoms with van der Waals surface area (Å²) in [5.74, 6) is -0.794. The third-order valence-corrected chi connectivity index (χ3v) is 7.35. The summed E-state index contributed by atoms with van der Waals surface area (Å²) in [6.45, 7) is 7.86. The second-order valence-electron chi connectivity index (χ2n) is 8.67. The number of aliphatic hydroxyl groups is 1. The minimum atomic E-state index is -1.19. The van der Waals surface area contributed by atoms with Crippen molar-refractivity contribution in [2.75, 3.05) is 6.61 Å². The fraction of sp³-hybridized carbons (Fsp3) is 0.478. The van der Waals surface area contributed by atoms with Crippen LogP contribution in [0.3, 0.4) is 0 Å². The molecule has 0 amide bonds. The molecular weight excluding hydrogens is 408 g/mol. The summed E-state index contributed by atoms with van der Waals surface area (Å²) in [6, 6.07) is 4.50. The van der Waals surface area contributed by atoms with Crippen molar-refractivity contribution in [3.8, 4) is 5.75 Å². The minimum absolute atomic E-state index is 0.0243. The highest BCUT2D eigenvalue weighted by Gasteiger charge is 2.74. The lowest BCUT2D eigenvalue weighted by Crippen LogP contribution is -2.50. The Labute approximate surface area is 180 Å². The standard InChI is InChI=1S/C23H25ClO6/c1-12(11-29-20(28)9-14-4-6-18(26)16(24)8-14)23-19(27)10-15-5-7-17(25)13(2)22(15,3)21(23)30-23/h4,6,8,10,13,17,21,25-26H,1,5,7,9,11H2,2-3H3/t13-,17+,21+,22+,23-/m0/s1. The number of hydrogen-bond donors (Lipinski definition) is 2. The van der Waals surface area contributed by atoms with E-state index >= 15 is 0 Å². The highest BCUT2D eigenvalue weighted by molar-refractivity contribution is 6.32. The molecule has 160 valence electrons. The molecule has 0 unspecified atom stereocenters. The first kappa shape index (κ1) is 21.1. The topological polar surface area (TPSA) is 96.4 Å². The number of aliphatic hydroxyl groups excluding tert-OH is 1. The van der Waals surface area contributed by atoms with Gasteiger partial charge in [0.2, 0.25) is 0 Å². The number of rotatable bonds is 5. The number of phenolic OH excluding ortho intramolecular Hbond substituents is 1. The van der Waals surface area contributed by atoms with Gasteiger partial charge < -0.3 is 19.7 Å². The zero-order chi connectivity index (χ0) is 21.8. The van der Waals surface area contributed by atoms with Crippen molar-refractivity contribution in [2.45, 2.75) is 50.9 Å². The van der Waals surface area contributed by atoms with Gasteiger partial charge in [0.25, 0.3) is 0 Å². The number of phenols is 1. The van der Waals surface area contributed by atoms with Gasteiger partial charge in [-0.25, -0.2) is 0 Å². The van der Waals surface area contributed by atoms with Crippen LogP contribution in [0.4, 0.5) is 0 Å². The number of aromatic hydroxyl groups is 1. The predicted octanol–water partition coefficient (Wildman–Crippen LogP) is 3.13. The molecule has 3 aliphatic rings. The van der Waals surface area contributed by atoms with Crippen molar-refractivity contribution >= 4 is 23.4 Å². The molecular formula is C23H25ClO6. The first-order chi connectivity index (χ1) is 14.1. The van der Waals surface area contributed by atoms with Crippen LogP contribution in [0.2, 0.25) is 5.02 Å². The Balaban J connectivity index is 1.44. The molecule has 1 heterocycles. The lowest BCUT2D eigenvalue weighted by Gasteiger charge is -2.46. The van der Waals surface area contributed by atoms with E-state index in [0.717, 1.165) is 5.57 Å². The normalized spacial score (nSPS) is 34.5. The van der Waals surface area contributed by atoms with Gasteiger partial charge in [0, 0.05) is 11.0 Å². The Morgan fingerprint density at radius 1 is 1.43 bits per heavy atom. The van der Waals surface area contributed by atoms with Crippen LogP contribution >= 0.6 is 11.6 Å². The average molecular weight is 433 g/mol. The number of benzene rings is 1. The second-order valence-corrected chi connectivity index (χ2v) is 9.08. The number of carbonyl (C=O) groups is 2. The fourth-order valence-corrected chi connectivity index (χ4v) is 5.10. The third kappa shape index (κ3) is 3.09. The van der Waals surface area contributed by atoms with Crippen LogP contribution < -0.4 is 0 Å². The van der Waals surface area contributed by atoms with Crippen molar-refractivity contribution < 1.29 is 29.3 Å². The lowest BCUT2D eigenvalue weighted by atomic mass is 9.57. The Morgan fingerprint density at radius 3 is 2.87 bits per heavy atom. The first-order valence-corrected chi connectivity index (χ1v) is 10.4. The lowest BCUT2D eigenvalue weighted by molar-refractivity contribution is -0.142. The molecule has 0 spiro atoms. The molecule has 2 N–H and O–H groups in total. The highest BCUT2D eigenvalue weighted by atomic mass is 35.5. The number of ketones is 1. The molecule has 2 aliphatic carbocycles. The van der Waals surface area contributed by atoms with E-state index in [1.165, 1.54) is 12.1 Å². The number of hydrogen-bond acceptors (Lipinski definition) is 6. The molecule has 1 aromatic carbocycles. The summed E-state index contributed by atoms with van der Waals surface area (Å²) in [5, 5.41) is 20.0. The van der Waals surface area contributed by atoms with Crippen molar-refractivity contribution in [2.24, 2.45) is 11.3 Å². The van der Waals surface area contributed by atoms with Gasteiger partial charge in [-0.2, -0.15) is 0 Å². The zero-order valence-electron chi connectivity index (χ0n) is 17.0. The van der Waals surface area contributed by atoms with E-state index in [0.29, 0.717) is 24.0 Å². The van der Waals surface area contributed by atoms with Crippen LogP contribution in [-0.4, -0.2) is 46.4 Å². The van der Waals surface area contributed by atoms with Crippen LogP contribution in [-0.2, 0) is 25.5 Å². The Hall–Kier alpha value is -2.15. The fourth-order valence-electron chi connectivity index (χ4n) is 4.89. The Kier molecular flexibility index (Phi) is 5.08. The predicted molar refractivity (Wildman–Crippen MR) is 110 cm³/mol. The van der Waals surface area contributed by atoms with E-state index in [-0.39, 0.29) is 35.5 Å². The number of halogens is 1. The highest BCUT2D eigenvalue weighted by Crippen LogP contribution is 2.63. The van der Waals surface area contributed by atoms with E-state index in [1.54, 1.807) is 12.1 Å². The monoisotopic (exact) mass is 432 g/mol. The molecule has 1 saturated carbocycles. The molecule has 4 rings (SSSR count). The van der Waals surface area contributed by atoms with E-state index in [9.17, 15) is 19.8 Å². The van der Waals surface area contributed by atoms with Crippen LogP contribution in [0, 0.1) is 11.3 Å². The summed E-state index contributed by atoms with van der Waals surface area (Å²) < 4.78 is 11.3. The molecule has 5 atom stereocenters. The molecule has 30 heavy (non-hydrogen) atoms. The minimum Gasteiger partial charge on any atom is -0.506 e. The van der Waals surface area contributed by atoms with Gasteiger partial charge in [0.1, 0.15) is 18.5 Å². The molecule has 6 nitrogen and oxygen atoms in total. The largest absolute Gasteiger partial charge is 0.506 e. The molecule has 1 aliphatic heterocycles. The second kappa shape index (κ2) is 7.22. The maximum atomic E-state index is 12.9. The molecule has 1 saturated heterocycles. The van der Waals surface area contributed by atoms with E-state index in [2.05, 4.69) is 6.58 Å².